The summed E-state index contributed by atoms with van der Waals surface area (Å²) >= 11 is 13.4. The number of amides is 1. The van der Waals surface area contributed by atoms with Crippen LogP contribution < -0.4 is 10.1 Å². The van der Waals surface area contributed by atoms with Crippen molar-refractivity contribution in [2.45, 2.75) is 6.42 Å². The summed E-state index contributed by atoms with van der Waals surface area (Å²) in [4.78, 5) is 11.6. The third kappa shape index (κ3) is 4.71. The predicted molar refractivity (Wildman–Crippen MR) is 83.0 cm³/mol. The number of carbonyl (C=O) groups is 1. The smallest absolute Gasteiger partial charge is 0.257 e. The average Bonchev–Trinajstić information content (AvgIpc) is 2.91. The van der Waals surface area contributed by atoms with Gasteiger partial charge in [-0.05, 0) is 47.0 Å². The lowest BCUT2D eigenvalue weighted by Gasteiger charge is -2.08. The normalized spacial score (nSPS) is 10.3. The van der Waals surface area contributed by atoms with E-state index in [0.717, 1.165) is 6.42 Å². The van der Waals surface area contributed by atoms with Crippen LogP contribution in [0.3, 0.4) is 0 Å². The van der Waals surface area contributed by atoms with Gasteiger partial charge in [0.25, 0.3) is 5.91 Å². The Balaban J connectivity index is 1.72. The minimum atomic E-state index is -0.175. The molecule has 0 unspecified atom stereocenters. The third-order valence-corrected chi connectivity index (χ3v) is 3.83. The van der Waals surface area contributed by atoms with E-state index in [1.165, 1.54) is 5.56 Å². The van der Waals surface area contributed by atoms with Crippen LogP contribution in [-0.4, -0.2) is 19.1 Å². The Morgan fingerprint density at radius 2 is 2.15 bits per heavy atom. The summed E-state index contributed by atoms with van der Waals surface area (Å²) in [6.07, 6.45) is 0.816. The van der Waals surface area contributed by atoms with Gasteiger partial charge in [0.1, 0.15) is 5.75 Å². The zero-order valence-corrected chi connectivity index (χ0v) is 12.9. The van der Waals surface area contributed by atoms with Gasteiger partial charge >= 0.3 is 0 Å². The van der Waals surface area contributed by atoms with Crippen molar-refractivity contribution < 1.29 is 9.53 Å². The van der Waals surface area contributed by atoms with Gasteiger partial charge < -0.3 is 10.1 Å². The minimum absolute atomic E-state index is 0.0645. The highest BCUT2D eigenvalue weighted by atomic mass is 35.5. The van der Waals surface area contributed by atoms with Crippen LogP contribution in [0.5, 0.6) is 5.75 Å². The Bertz CT molecular complexity index is 573. The van der Waals surface area contributed by atoms with Crippen molar-refractivity contribution in [2.75, 3.05) is 13.2 Å². The van der Waals surface area contributed by atoms with Gasteiger partial charge in [-0.2, -0.15) is 11.3 Å². The summed E-state index contributed by atoms with van der Waals surface area (Å²) in [7, 11) is 0. The zero-order valence-electron chi connectivity index (χ0n) is 10.6. The molecule has 3 nitrogen and oxygen atoms in total. The molecule has 1 aromatic heterocycles. The van der Waals surface area contributed by atoms with Crippen LogP contribution >= 0.6 is 34.5 Å². The van der Waals surface area contributed by atoms with Crippen LogP contribution in [0.4, 0.5) is 0 Å². The van der Waals surface area contributed by atoms with Gasteiger partial charge in [0, 0.05) is 11.6 Å². The molecule has 0 saturated carbocycles. The Hall–Kier alpha value is -1.23. The molecular weight excluding hydrogens is 317 g/mol. The molecule has 6 heteroatoms. The van der Waals surface area contributed by atoms with Gasteiger partial charge in [-0.25, -0.2) is 0 Å². The standard InChI is InChI=1S/C14H13Cl2NO2S/c15-11-1-2-13(12(16)7-11)19-8-14(18)17-5-3-10-4-6-20-9-10/h1-2,4,6-7,9H,3,5,8H2,(H,17,18). The van der Waals surface area contributed by atoms with Crippen LogP contribution in [-0.2, 0) is 11.2 Å². The number of benzene rings is 1. The Labute approximate surface area is 131 Å². The molecular formula is C14H13Cl2NO2S. The van der Waals surface area contributed by atoms with E-state index >= 15 is 0 Å². The first kappa shape index (κ1) is 15.2. The number of halogens is 2. The van der Waals surface area contributed by atoms with E-state index in [9.17, 15) is 4.79 Å². The first-order chi connectivity index (χ1) is 9.65. The molecule has 0 saturated heterocycles. The maximum atomic E-state index is 11.6. The number of carbonyl (C=O) groups excluding carboxylic acids is 1. The maximum absolute atomic E-state index is 11.6. The van der Waals surface area contributed by atoms with Crippen molar-refractivity contribution in [2.24, 2.45) is 0 Å². The number of rotatable bonds is 6. The van der Waals surface area contributed by atoms with Gasteiger partial charge in [-0.3, -0.25) is 4.79 Å². The van der Waals surface area contributed by atoms with Gasteiger partial charge in [0.2, 0.25) is 0 Å². The van der Waals surface area contributed by atoms with E-state index in [0.29, 0.717) is 22.3 Å². The van der Waals surface area contributed by atoms with E-state index in [4.69, 9.17) is 27.9 Å². The van der Waals surface area contributed by atoms with Crippen molar-refractivity contribution in [1.82, 2.24) is 5.32 Å². The Kier molecular flexibility index (Phi) is 5.71. The molecule has 1 aromatic carbocycles. The van der Waals surface area contributed by atoms with E-state index in [1.54, 1.807) is 29.5 Å². The van der Waals surface area contributed by atoms with E-state index in [2.05, 4.69) is 10.7 Å². The average molecular weight is 330 g/mol. The highest BCUT2D eigenvalue weighted by Crippen LogP contribution is 2.27. The second-order valence-electron chi connectivity index (χ2n) is 4.09. The lowest BCUT2D eigenvalue weighted by Crippen LogP contribution is -2.30. The molecule has 106 valence electrons. The van der Waals surface area contributed by atoms with E-state index in [1.807, 2.05) is 11.4 Å². The molecule has 0 atom stereocenters. The fraction of sp³-hybridized carbons (Fsp3) is 0.214. The molecule has 0 aliphatic rings. The topological polar surface area (TPSA) is 38.3 Å². The number of hydrogen-bond acceptors (Lipinski definition) is 3. The van der Waals surface area contributed by atoms with Crippen molar-refractivity contribution in [3.63, 3.8) is 0 Å². The highest BCUT2D eigenvalue weighted by molar-refractivity contribution is 7.07. The summed E-state index contributed by atoms with van der Waals surface area (Å²) in [6, 6.07) is 6.92. The fourth-order valence-corrected chi connectivity index (χ4v) is 2.73. The number of nitrogens with one attached hydrogen (secondary N) is 1. The summed E-state index contributed by atoms with van der Waals surface area (Å²) in [5, 5.41) is 7.80. The van der Waals surface area contributed by atoms with Crippen LogP contribution in [0.2, 0.25) is 10.0 Å². The monoisotopic (exact) mass is 329 g/mol. The molecule has 0 bridgehead atoms. The molecule has 0 spiro atoms. The second kappa shape index (κ2) is 7.53. The molecule has 0 radical (unpaired) electrons. The summed E-state index contributed by atoms with van der Waals surface area (Å²) < 4.78 is 5.34. The fourth-order valence-electron chi connectivity index (χ4n) is 1.57. The van der Waals surface area contributed by atoms with Crippen molar-refractivity contribution in [3.8, 4) is 5.75 Å². The molecule has 1 heterocycles. The van der Waals surface area contributed by atoms with Gasteiger partial charge in [-0.1, -0.05) is 23.2 Å². The number of hydrogen-bond donors (Lipinski definition) is 1. The Morgan fingerprint density at radius 3 is 2.85 bits per heavy atom. The second-order valence-corrected chi connectivity index (χ2v) is 5.72. The largest absolute Gasteiger partial charge is 0.482 e. The quantitative estimate of drug-likeness (QED) is 0.875. The van der Waals surface area contributed by atoms with Crippen LogP contribution in [0.15, 0.2) is 35.0 Å². The first-order valence-electron chi connectivity index (χ1n) is 6.01. The minimum Gasteiger partial charge on any atom is -0.482 e. The first-order valence-corrected chi connectivity index (χ1v) is 7.70. The summed E-state index contributed by atoms with van der Waals surface area (Å²) in [6.45, 7) is 0.526. The lowest BCUT2D eigenvalue weighted by molar-refractivity contribution is -0.123. The highest BCUT2D eigenvalue weighted by Gasteiger charge is 2.06. The number of ether oxygens (including phenoxy) is 1. The van der Waals surface area contributed by atoms with Crippen molar-refractivity contribution >= 4 is 40.4 Å². The summed E-state index contributed by atoms with van der Waals surface area (Å²) in [5.74, 6) is 0.273. The molecule has 1 amide bonds. The lowest BCUT2D eigenvalue weighted by atomic mass is 10.2. The number of thiophene rings is 1. The molecule has 0 aliphatic carbocycles. The van der Waals surface area contributed by atoms with Gasteiger partial charge in [0.05, 0.1) is 5.02 Å². The zero-order chi connectivity index (χ0) is 14.4. The van der Waals surface area contributed by atoms with Crippen LogP contribution in [0.1, 0.15) is 5.56 Å². The SMILES string of the molecule is O=C(COc1ccc(Cl)cc1Cl)NCCc1ccsc1. The Morgan fingerprint density at radius 1 is 1.30 bits per heavy atom. The molecule has 2 rings (SSSR count). The summed E-state index contributed by atoms with van der Waals surface area (Å²) in [5.41, 5.74) is 1.22. The van der Waals surface area contributed by atoms with Crippen molar-refractivity contribution in [3.05, 3.63) is 50.6 Å². The predicted octanol–water partition coefficient (Wildman–Crippen LogP) is 3.79. The van der Waals surface area contributed by atoms with E-state index in [-0.39, 0.29) is 12.5 Å². The maximum Gasteiger partial charge on any atom is 0.257 e. The van der Waals surface area contributed by atoms with Crippen LogP contribution in [0.25, 0.3) is 0 Å². The molecule has 1 N–H and O–H groups in total. The molecule has 20 heavy (non-hydrogen) atoms. The van der Waals surface area contributed by atoms with Crippen LogP contribution in [0, 0.1) is 0 Å². The third-order valence-electron chi connectivity index (χ3n) is 2.57. The molecule has 2 aromatic rings. The molecule has 0 fully saturated rings. The van der Waals surface area contributed by atoms with Crippen molar-refractivity contribution in [1.29, 1.82) is 0 Å². The van der Waals surface area contributed by atoms with Gasteiger partial charge in [-0.15, -0.1) is 0 Å². The van der Waals surface area contributed by atoms with Gasteiger partial charge in [0.15, 0.2) is 6.61 Å². The van der Waals surface area contributed by atoms with E-state index < -0.39 is 0 Å². The molecule has 0 aliphatic heterocycles.